The molecule has 0 aromatic carbocycles. The van der Waals surface area contributed by atoms with Crippen molar-refractivity contribution in [2.24, 2.45) is 0 Å². The van der Waals surface area contributed by atoms with Crippen molar-refractivity contribution in [2.45, 2.75) is 45.8 Å². The molecule has 0 aliphatic carbocycles. The molecule has 0 aliphatic rings. The van der Waals surface area contributed by atoms with Crippen LogP contribution >= 0.6 is 0 Å². The van der Waals surface area contributed by atoms with Gasteiger partial charge < -0.3 is 15.2 Å². The van der Waals surface area contributed by atoms with Crippen molar-refractivity contribution in [3.05, 3.63) is 0 Å². The van der Waals surface area contributed by atoms with Crippen LogP contribution in [0.3, 0.4) is 0 Å². The Morgan fingerprint density at radius 1 is 1.39 bits per heavy atom. The van der Waals surface area contributed by atoms with E-state index < -0.39 is 21.8 Å². The molecule has 0 bridgehead atoms. The van der Waals surface area contributed by atoms with Gasteiger partial charge in [-0.15, -0.1) is 0 Å². The van der Waals surface area contributed by atoms with Gasteiger partial charge in [0, 0.05) is 0 Å². The number of amides is 1. The zero-order valence-electron chi connectivity index (χ0n) is 11.4. The minimum Gasteiger partial charge on any atom is -0.444 e. The summed E-state index contributed by atoms with van der Waals surface area (Å²) in [5.74, 6) is 0. The van der Waals surface area contributed by atoms with E-state index in [1.807, 2.05) is 6.92 Å². The monoisotopic (exact) mass is 285 g/mol. The van der Waals surface area contributed by atoms with Crippen molar-refractivity contribution >= 4 is 16.2 Å². The van der Waals surface area contributed by atoms with Crippen molar-refractivity contribution in [2.75, 3.05) is 12.9 Å². The predicted octanol–water partition coefficient (Wildman–Crippen LogP) is 0.786. The van der Waals surface area contributed by atoms with Gasteiger partial charge in [0.1, 0.15) is 5.60 Å². The van der Waals surface area contributed by atoms with E-state index >= 15 is 0 Å². The van der Waals surface area contributed by atoms with E-state index in [2.05, 4.69) is 5.32 Å². The summed E-state index contributed by atoms with van der Waals surface area (Å²) in [5, 5.41) is 11.4. The van der Waals surface area contributed by atoms with Crippen molar-refractivity contribution in [3.8, 4) is 0 Å². The second-order valence-electron chi connectivity index (χ2n) is 4.67. The lowest BCUT2D eigenvalue weighted by Crippen LogP contribution is -2.40. The van der Waals surface area contributed by atoms with Crippen LogP contribution in [0.1, 0.15) is 34.1 Å². The van der Waals surface area contributed by atoms with Crippen LogP contribution in [0.25, 0.3) is 0 Å². The lowest BCUT2D eigenvalue weighted by Gasteiger charge is -2.22. The maximum absolute atomic E-state index is 11.1. The highest BCUT2D eigenvalue weighted by Gasteiger charge is 2.17. The van der Waals surface area contributed by atoms with Gasteiger partial charge in [0.05, 0.1) is 18.9 Å². The average molecular weight is 285 g/mol. The molecule has 1 amide bonds. The van der Waals surface area contributed by atoms with Gasteiger partial charge in [0.25, 0.3) is 10.1 Å². The Hall–Kier alpha value is -0.860. The minimum atomic E-state index is -3.67. The molecule has 0 radical (unpaired) electrons. The van der Waals surface area contributed by atoms with E-state index in [0.717, 1.165) is 0 Å². The fraction of sp³-hybridized carbons (Fsp3) is 0.900. The smallest absolute Gasteiger partial charge is 0.407 e. The summed E-state index contributed by atoms with van der Waals surface area (Å²) in [4.78, 5) is 11.1. The maximum Gasteiger partial charge on any atom is 0.407 e. The zero-order valence-corrected chi connectivity index (χ0v) is 12.2. The highest BCUT2D eigenvalue weighted by atomic mass is 32.2. The van der Waals surface area contributed by atoms with Crippen LogP contribution in [0.15, 0.2) is 0 Å². The zero-order chi connectivity index (χ0) is 15.0. The van der Waals surface area contributed by atoms with Crippen LogP contribution in [-0.2, 0) is 14.9 Å². The second kappa shape index (κ2) is 8.28. The topological polar surface area (TPSA) is 113 Å². The molecule has 0 aliphatic heterocycles. The first-order valence-electron chi connectivity index (χ1n) is 5.42. The molecule has 0 spiro atoms. The van der Waals surface area contributed by atoms with Gasteiger partial charge in [-0.3, -0.25) is 4.55 Å². The molecular formula is C10H23NO6S. The first-order chi connectivity index (χ1) is 7.89. The number of hydrogen-bond acceptors (Lipinski definition) is 5. The molecule has 8 heteroatoms. The number of ether oxygens (including phenoxy) is 1. The summed E-state index contributed by atoms with van der Waals surface area (Å²) in [7, 11) is -3.67. The van der Waals surface area contributed by atoms with E-state index in [1.54, 1.807) is 20.8 Å². The van der Waals surface area contributed by atoms with Crippen LogP contribution in [0.4, 0.5) is 4.79 Å². The fourth-order valence-corrected chi connectivity index (χ4v) is 0.751. The first kappa shape index (κ1) is 19.5. The highest BCUT2D eigenvalue weighted by Crippen LogP contribution is 2.06. The summed E-state index contributed by atoms with van der Waals surface area (Å²) in [5.41, 5.74) is -0.488. The van der Waals surface area contributed by atoms with Gasteiger partial charge >= 0.3 is 6.09 Å². The van der Waals surface area contributed by atoms with E-state index in [-0.39, 0.29) is 12.6 Å². The Balaban J connectivity index is 0. The minimum absolute atomic E-state index is 0.0598. The summed E-state index contributed by atoms with van der Waals surface area (Å²) in [6, 6.07) is -0.213. The van der Waals surface area contributed by atoms with E-state index in [9.17, 15) is 13.2 Å². The van der Waals surface area contributed by atoms with Crippen molar-refractivity contribution in [3.63, 3.8) is 0 Å². The molecule has 0 aromatic heterocycles. The number of nitrogens with one attached hydrogen (secondary N) is 1. The number of hydrogen-bond donors (Lipinski definition) is 3. The third-order valence-corrected chi connectivity index (χ3v) is 1.43. The molecular weight excluding hydrogens is 262 g/mol. The summed E-state index contributed by atoms with van der Waals surface area (Å²) in [6.45, 7) is 7.22. The van der Waals surface area contributed by atoms with Gasteiger partial charge in [0.2, 0.25) is 0 Å². The number of aliphatic hydroxyl groups is 1. The Morgan fingerprint density at radius 3 is 2.00 bits per heavy atom. The van der Waals surface area contributed by atoms with Gasteiger partial charge in [-0.05, 0) is 27.2 Å². The molecule has 0 fully saturated rings. The molecule has 1 atom stereocenters. The Kier molecular flexibility index (Phi) is 8.96. The Bertz CT molecular complexity index is 321. The number of carbonyl (C=O) groups excluding carboxylic acids is 1. The molecule has 0 unspecified atom stereocenters. The van der Waals surface area contributed by atoms with Crippen LogP contribution < -0.4 is 5.32 Å². The van der Waals surface area contributed by atoms with E-state index in [4.69, 9.17) is 14.4 Å². The van der Waals surface area contributed by atoms with Crippen LogP contribution in [0.5, 0.6) is 0 Å². The van der Waals surface area contributed by atoms with Crippen molar-refractivity contribution in [1.82, 2.24) is 5.32 Å². The quantitative estimate of drug-likeness (QED) is 0.661. The molecule has 0 saturated carbocycles. The van der Waals surface area contributed by atoms with E-state index in [1.165, 1.54) is 0 Å². The number of alkyl carbamates (subject to hydrolysis) is 1. The summed E-state index contributed by atoms with van der Waals surface area (Å²) >= 11 is 0. The third-order valence-electron chi connectivity index (χ3n) is 1.43. The summed E-state index contributed by atoms with van der Waals surface area (Å²) < 4.78 is 30.9. The molecule has 7 nitrogen and oxygen atoms in total. The SMILES string of the molecule is CC[C@H](CO)NC(=O)OC(C)(C)C.CS(=O)(=O)O. The second-order valence-corrected chi connectivity index (χ2v) is 6.13. The largest absolute Gasteiger partial charge is 0.444 e. The fourth-order valence-electron chi connectivity index (χ4n) is 0.751. The van der Waals surface area contributed by atoms with Gasteiger partial charge in [-0.25, -0.2) is 4.79 Å². The lowest BCUT2D eigenvalue weighted by molar-refractivity contribution is 0.0481. The molecule has 18 heavy (non-hydrogen) atoms. The molecule has 3 N–H and O–H groups in total. The third kappa shape index (κ3) is 20.5. The van der Waals surface area contributed by atoms with Crippen LogP contribution in [-0.4, -0.2) is 48.7 Å². The number of aliphatic hydroxyl groups excluding tert-OH is 1. The number of carbonyl (C=O) groups is 1. The maximum atomic E-state index is 11.1. The Labute approximate surface area is 108 Å². The van der Waals surface area contributed by atoms with Crippen molar-refractivity contribution < 1.29 is 27.6 Å². The molecule has 0 rings (SSSR count). The van der Waals surface area contributed by atoms with Gasteiger partial charge in [-0.1, -0.05) is 6.92 Å². The molecule has 110 valence electrons. The van der Waals surface area contributed by atoms with Crippen LogP contribution in [0.2, 0.25) is 0 Å². The molecule has 0 saturated heterocycles. The average Bonchev–Trinajstić information content (AvgIpc) is 2.08. The van der Waals surface area contributed by atoms with Crippen molar-refractivity contribution in [1.29, 1.82) is 0 Å². The Morgan fingerprint density at radius 2 is 1.78 bits per heavy atom. The van der Waals surface area contributed by atoms with Gasteiger partial charge in [-0.2, -0.15) is 8.42 Å². The predicted molar refractivity (Wildman–Crippen MR) is 68.0 cm³/mol. The highest BCUT2D eigenvalue weighted by molar-refractivity contribution is 7.85. The first-order valence-corrected chi connectivity index (χ1v) is 7.26. The normalized spacial score (nSPS) is 13.1. The molecule has 0 aromatic rings. The van der Waals surface area contributed by atoms with Gasteiger partial charge in [0.15, 0.2) is 0 Å². The van der Waals surface area contributed by atoms with E-state index in [0.29, 0.717) is 12.7 Å². The number of rotatable bonds is 3. The lowest BCUT2D eigenvalue weighted by atomic mass is 10.2. The van der Waals surface area contributed by atoms with Crippen LogP contribution in [0, 0.1) is 0 Å². The standard InChI is InChI=1S/C9H19NO3.CH4O3S/c1-5-7(6-11)10-8(12)13-9(2,3)4;1-5(2,3)4/h7,11H,5-6H2,1-4H3,(H,10,12);1H3,(H,2,3,4)/t7-;/m1./s1. The molecule has 0 heterocycles. The summed E-state index contributed by atoms with van der Waals surface area (Å²) in [6.07, 6.45) is 0.927.